The fourth-order valence-electron chi connectivity index (χ4n) is 8.70. The molecule has 0 spiro atoms. The van der Waals surface area contributed by atoms with Gasteiger partial charge in [-0.1, -0.05) is 198 Å². The molecule has 0 saturated carbocycles. The van der Waals surface area contributed by atoms with E-state index < -0.39 is 0 Å². The van der Waals surface area contributed by atoms with Gasteiger partial charge in [0.25, 0.3) is 12.7 Å². The van der Waals surface area contributed by atoms with Crippen molar-refractivity contribution < 1.29 is 43.1 Å². The molecule has 5 aromatic rings. The lowest BCUT2D eigenvalue weighted by molar-refractivity contribution is -0.672. The zero-order chi connectivity index (χ0) is 38.9. The molecule has 5 rings (SSSR count). The molecule has 0 aliphatic rings. The van der Waals surface area contributed by atoms with E-state index in [-0.39, 0.29) is 34.0 Å². The summed E-state index contributed by atoms with van der Waals surface area (Å²) in [7, 11) is 0. The smallest absolute Gasteiger partial charge is 0.251 e. The second kappa shape index (κ2) is 30.5. The zero-order valence-corrected chi connectivity index (χ0v) is 39.9. The van der Waals surface area contributed by atoms with Gasteiger partial charge in [-0.25, -0.2) is 9.13 Å². The normalized spacial score (nSPS) is 11.3. The molecule has 0 bridgehead atoms. The maximum Gasteiger partial charge on any atom is 0.251 e. The topological polar surface area (TPSA) is 30.5 Å². The minimum Gasteiger partial charge on any atom is -1.00 e. The van der Waals surface area contributed by atoms with Crippen molar-refractivity contribution in [3.05, 3.63) is 79.4 Å². The predicted molar refractivity (Wildman–Crippen MR) is 239 cm³/mol. The van der Waals surface area contributed by atoms with Crippen LogP contribution in [0.4, 0.5) is 0 Å². The van der Waals surface area contributed by atoms with Crippen molar-refractivity contribution >= 4 is 22.1 Å². The number of hydrogen-bond donors (Lipinski definition) is 0. The number of aryl methyl sites for hydroxylation is 2. The van der Waals surface area contributed by atoms with Gasteiger partial charge in [-0.05, 0) is 49.9 Å². The van der Waals surface area contributed by atoms with E-state index in [0.29, 0.717) is 0 Å². The van der Waals surface area contributed by atoms with Crippen LogP contribution in [0.3, 0.4) is 0 Å². The van der Waals surface area contributed by atoms with E-state index in [1.165, 1.54) is 202 Å². The van der Waals surface area contributed by atoms with Crippen molar-refractivity contribution in [1.29, 1.82) is 0 Å². The summed E-state index contributed by atoms with van der Waals surface area (Å²) < 4.78 is 9.47. The first-order valence-electron chi connectivity index (χ1n) is 23.8. The van der Waals surface area contributed by atoms with Crippen LogP contribution in [0.5, 0.6) is 0 Å². The van der Waals surface area contributed by atoms with E-state index >= 15 is 0 Å². The second-order valence-corrected chi connectivity index (χ2v) is 16.9. The van der Waals surface area contributed by atoms with E-state index in [1.807, 2.05) is 0 Å². The van der Waals surface area contributed by atoms with Gasteiger partial charge in [-0.2, -0.15) is 14.1 Å². The van der Waals surface area contributed by atoms with Gasteiger partial charge in [0.2, 0.25) is 11.6 Å². The molecule has 322 valence electrons. The lowest BCUT2D eigenvalue weighted by atomic mass is 10.0. The van der Waals surface area contributed by atoms with Crippen LogP contribution in [0.1, 0.15) is 194 Å². The molecule has 0 saturated heterocycles. The Morgan fingerprint density at radius 1 is 0.362 bits per heavy atom. The van der Waals surface area contributed by atoms with E-state index in [1.54, 1.807) is 0 Å². The first kappa shape index (κ1) is 49.8. The minimum atomic E-state index is 0. The van der Waals surface area contributed by atoms with E-state index in [4.69, 9.17) is 4.98 Å². The van der Waals surface area contributed by atoms with Gasteiger partial charge >= 0.3 is 0 Å². The molecular formula is C51H79Br2N5. The fourth-order valence-corrected chi connectivity index (χ4v) is 8.70. The molecule has 3 aromatic heterocycles. The highest BCUT2D eigenvalue weighted by molar-refractivity contribution is 5.75. The minimum absolute atomic E-state index is 0. The SMILES string of the molecule is CCCCCCCCCCCCCCCC[n+]1cn(-c2cccc(-n3c[n+](CCCCCCCCCCCCCCCC)c4ccccc43)n2)c2ccccc21.[Br-].[Br-]. The average molecular weight is 922 g/mol. The highest BCUT2D eigenvalue weighted by atomic mass is 79.9. The monoisotopic (exact) mass is 919 g/mol. The molecule has 0 amide bonds. The quantitative estimate of drug-likeness (QED) is 0.0315. The first-order chi connectivity index (χ1) is 27.8. The van der Waals surface area contributed by atoms with Gasteiger partial charge in [-0.15, -0.1) is 0 Å². The van der Waals surface area contributed by atoms with E-state index in [0.717, 1.165) is 24.7 Å². The Kier molecular flexibility index (Phi) is 26.2. The third-order valence-electron chi connectivity index (χ3n) is 12.1. The number of para-hydroxylation sites is 4. The summed E-state index contributed by atoms with van der Waals surface area (Å²) >= 11 is 0. The molecule has 0 aliphatic heterocycles. The molecule has 0 atom stereocenters. The second-order valence-electron chi connectivity index (χ2n) is 16.9. The van der Waals surface area contributed by atoms with Gasteiger partial charge < -0.3 is 34.0 Å². The highest BCUT2D eigenvalue weighted by Crippen LogP contribution is 2.21. The van der Waals surface area contributed by atoms with Crippen LogP contribution in [-0.4, -0.2) is 14.1 Å². The molecule has 0 aliphatic carbocycles. The predicted octanol–water partition coefficient (Wildman–Crippen LogP) is 8.52. The van der Waals surface area contributed by atoms with Crippen LogP contribution in [0, 0.1) is 0 Å². The number of benzene rings is 2. The number of fused-ring (bicyclic) bond motifs is 2. The van der Waals surface area contributed by atoms with Crippen molar-refractivity contribution in [1.82, 2.24) is 14.1 Å². The summed E-state index contributed by atoms with van der Waals surface area (Å²) in [6, 6.07) is 24.1. The van der Waals surface area contributed by atoms with Crippen molar-refractivity contribution in [2.75, 3.05) is 0 Å². The van der Waals surface area contributed by atoms with Crippen LogP contribution in [0.15, 0.2) is 79.4 Å². The Hall–Kier alpha value is -2.51. The Balaban J connectivity index is 0.00000450. The van der Waals surface area contributed by atoms with Gasteiger partial charge in [-0.3, -0.25) is 0 Å². The van der Waals surface area contributed by atoms with Crippen molar-refractivity contribution in [3.8, 4) is 11.6 Å². The number of halogens is 2. The standard InChI is InChI=1S/C51H79N5.2BrH/c1-3-5-7-9-11-13-15-17-19-21-23-25-27-33-42-53-44-55(48-38-31-29-36-46(48)53)50-40-35-41-51(52-50)56-45-54(47-37-30-32-39-49(47)56)43-34-28-26-24-22-20-18-16-14-12-10-8-6-4-2;;/h29-32,35-41,44-45H,3-28,33-34,42-43H2,1-2H3;2*1H/q+2;;/p-2. The Morgan fingerprint density at radius 3 is 0.983 bits per heavy atom. The van der Waals surface area contributed by atoms with Gasteiger partial charge in [0.1, 0.15) is 0 Å². The zero-order valence-electron chi connectivity index (χ0n) is 36.7. The lowest BCUT2D eigenvalue weighted by Crippen LogP contribution is -3.00. The van der Waals surface area contributed by atoms with Crippen LogP contribution < -0.4 is 43.1 Å². The maximum absolute atomic E-state index is 5.29. The molecule has 2 aromatic carbocycles. The van der Waals surface area contributed by atoms with Crippen LogP contribution in [0.2, 0.25) is 0 Å². The van der Waals surface area contributed by atoms with Crippen LogP contribution in [-0.2, 0) is 13.1 Å². The molecule has 0 radical (unpaired) electrons. The number of unbranched alkanes of at least 4 members (excludes halogenated alkanes) is 26. The molecule has 7 heteroatoms. The lowest BCUT2D eigenvalue weighted by Gasteiger charge is -2.03. The molecular weight excluding hydrogens is 842 g/mol. The summed E-state index contributed by atoms with van der Waals surface area (Å²) in [6.07, 6.45) is 43.5. The molecule has 0 N–H and O–H groups in total. The molecule has 3 heterocycles. The van der Waals surface area contributed by atoms with E-state index in [2.05, 4.69) is 112 Å². The number of aromatic nitrogens is 5. The fraction of sp³-hybridized carbons (Fsp3) is 0.627. The number of hydrogen-bond acceptors (Lipinski definition) is 1. The highest BCUT2D eigenvalue weighted by Gasteiger charge is 2.21. The van der Waals surface area contributed by atoms with Crippen molar-refractivity contribution in [3.63, 3.8) is 0 Å². The molecule has 0 fully saturated rings. The van der Waals surface area contributed by atoms with Crippen molar-refractivity contribution in [2.45, 2.75) is 207 Å². The molecule has 0 unspecified atom stereocenters. The Bertz CT molecular complexity index is 1650. The van der Waals surface area contributed by atoms with Gasteiger partial charge in [0, 0.05) is 12.1 Å². The van der Waals surface area contributed by atoms with Crippen LogP contribution in [0.25, 0.3) is 33.7 Å². The number of rotatable bonds is 32. The molecule has 58 heavy (non-hydrogen) atoms. The number of pyridine rings is 1. The third-order valence-corrected chi connectivity index (χ3v) is 12.1. The average Bonchev–Trinajstić information content (AvgIpc) is 3.80. The summed E-state index contributed by atoms with van der Waals surface area (Å²) in [5.41, 5.74) is 5.00. The number of nitrogens with zero attached hydrogens (tertiary/aromatic N) is 5. The summed E-state index contributed by atoms with van der Waals surface area (Å²) in [5, 5.41) is 0. The van der Waals surface area contributed by atoms with Crippen molar-refractivity contribution in [2.24, 2.45) is 0 Å². The van der Waals surface area contributed by atoms with Crippen LogP contribution >= 0.6 is 0 Å². The Morgan fingerprint density at radius 2 is 0.655 bits per heavy atom. The summed E-state index contributed by atoms with van der Waals surface area (Å²) in [6.45, 7) is 6.70. The van der Waals surface area contributed by atoms with E-state index in [9.17, 15) is 0 Å². The number of imidazole rings is 2. The summed E-state index contributed by atoms with van der Waals surface area (Å²) in [4.78, 5) is 5.29. The van der Waals surface area contributed by atoms with Gasteiger partial charge in [0.15, 0.2) is 22.1 Å². The summed E-state index contributed by atoms with van der Waals surface area (Å²) in [5.74, 6) is 1.93. The largest absolute Gasteiger partial charge is 1.00 e. The van der Waals surface area contributed by atoms with Gasteiger partial charge in [0.05, 0.1) is 13.1 Å². The first-order valence-corrected chi connectivity index (χ1v) is 23.8. The molecule has 5 nitrogen and oxygen atoms in total. The third kappa shape index (κ3) is 16.9. The Labute approximate surface area is 375 Å². The maximum atomic E-state index is 5.29.